The maximum Gasteiger partial charge on any atom is 0.235 e. The second kappa shape index (κ2) is 4.73. The SMILES string of the molecule is Cc1nnc2sc(-c3cc([C@@H]4CC4c4cnn(C)c4)nn3C)nn12. The lowest BCUT2D eigenvalue weighted by Crippen LogP contribution is -1.95. The van der Waals surface area contributed by atoms with Crippen LogP contribution in [0.5, 0.6) is 0 Å². The van der Waals surface area contributed by atoms with Crippen molar-refractivity contribution in [3.63, 3.8) is 0 Å². The van der Waals surface area contributed by atoms with Gasteiger partial charge >= 0.3 is 0 Å². The van der Waals surface area contributed by atoms with E-state index in [4.69, 9.17) is 5.10 Å². The average molecular weight is 340 g/mol. The predicted octanol–water partition coefficient (Wildman–Crippen LogP) is 1.90. The Morgan fingerprint density at radius 1 is 1.17 bits per heavy atom. The summed E-state index contributed by atoms with van der Waals surface area (Å²) in [6.45, 7) is 1.90. The highest BCUT2D eigenvalue weighted by Gasteiger charge is 2.42. The first kappa shape index (κ1) is 13.8. The molecule has 122 valence electrons. The number of nitrogens with zero attached hydrogens (tertiary/aromatic N) is 8. The third-order valence-corrected chi connectivity index (χ3v) is 5.51. The fourth-order valence-electron chi connectivity index (χ4n) is 3.21. The molecule has 2 atom stereocenters. The average Bonchev–Trinajstić information content (AvgIpc) is 2.88. The highest BCUT2D eigenvalue weighted by Crippen LogP contribution is 2.54. The van der Waals surface area contributed by atoms with Gasteiger partial charge in [0.05, 0.1) is 17.6 Å². The van der Waals surface area contributed by atoms with Gasteiger partial charge in [-0.25, -0.2) is 0 Å². The Morgan fingerprint density at radius 2 is 2.04 bits per heavy atom. The summed E-state index contributed by atoms with van der Waals surface area (Å²) in [5.74, 6) is 1.80. The van der Waals surface area contributed by atoms with E-state index in [9.17, 15) is 0 Å². The van der Waals surface area contributed by atoms with E-state index in [1.165, 1.54) is 16.9 Å². The molecule has 4 aromatic rings. The van der Waals surface area contributed by atoms with Gasteiger partial charge in [0, 0.05) is 26.2 Å². The summed E-state index contributed by atoms with van der Waals surface area (Å²) in [5, 5.41) is 22.7. The zero-order valence-corrected chi connectivity index (χ0v) is 14.4. The van der Waals surface area contributed by atoms with E-state index in [1.54, 1.807) is 4.52 Å². The monoisotopic (exact) mass is 340 g/mol. The molecule has 9 heteroatoms. The summed E-state index contributed by atoms with van der Waals surface area (Å²) in [5.41, 5.74) is 3.45. The molecule has 0 aromatic carbocycles. The molecule has 0 amide bonds. The molecule has 0 spiro atoms. The topological polar surface area (TPSA) is 78.7 Å². The molecule has 0 radical (unpaired) electrons. The Labute approximate surface area is 141 Å². The van der Waals surface area contributed by atoms with Crippen molar-refractivity contribution in [2.24, 2.45) is 14.1 Å². The van der Waals surface area contributed by atoms with Crippen molar-refractivity contribution in [3.05, 3.63) is 35.5 Å². The van der Waals surface area contributed by atoms with Crippen LogP contribution >= 0.6 is 11.3 Å². The molecule has 5 rings (SSSR count). The van der Waals surface area contributed by atoms with E-state index in [0.29, 0.717) is 11.8 Å². The minimum absolute atomic E-state index is 0.474. The molecule has 1 unspecified atom stereocenters. The van der Waals surface area contributed by atoms with Crippen molar-refractivity contribution in [3.8, 4) is 10.7 Å². The fraction of sp³-hybridized carbons (Fsp3) is 0.400. The van der Waals surface area contributed by atoms with Crippen LogP contribution in [0.1, 0.15) is 35.3 Å². The van der Waals surface area contributed by atoms with Crippen molar-refractivity contribution in [1.82, 2.24) is 39.4 Å². The van der Waals surface area contributed by atoms with Crippen LogP contribution in [0.3, 0.4) is 0 Å². The fourth-order valence-corrected chi connectivity index (χ4v) is 4.14. The van der Waals surface area contributed by atoms with Crippen molar-refractivity contribution in [2.75, 3.05) is 0 Å². The van der Waals surface area contributed by atoms with Crippen LogP contribution in [-0.2, 0) is 14.1 Å². The van der Waals surface area contributed by atoms with E-state index in [0.717, 1.165) is 33.6 Å². The first-order valence-corrected chi connectivity index (χ1v) is 8.63. The van der Waals surface area contributed by atoms with Gasteiger partial charge in [0.15, 0.2) is 10.8 Å². The molecule has 1 saturated carbocycles. The van der Waals surface area contributed by atoms with Gasteiger partial charge < -0.3 is 0 Å². The highest BCUT2D eigenvalue weighted by atomic mass is 32.1. The molecule has 1 aliphatic carbocycles. The third-order valence-electron chi connectivity index (χ3n) is 4.59. The Hall–Kier alpha value is -2.55. The molecule has 8 nitrogen and oxygen atoms in total. The zero-order valence-electron chi connectivity index (χ0n) is 13.6. The van der Waals surface area contributed by atoms with Gasteiger partial charge in [-0.2, -0.15) is 19.8 Å². The molecule has 1 aliphatic rings. The number of fused-ring (bicyclic) bond motifs is 1. The van der Waals surface area contributed by atoms with E-state index >= 15 is 0 Å². The smallest absolute Gasteiger partial charge is 0.235 e. The Morgan fingerprint density at radius 3 is 2.79 bits per heavy atom. The predicted molar refractivity (Wildman–Crippen MR) is 88.9 cm³/mol. The number of aryl methyl sites for hydroxylation is 3. The summed E-state index contributed by atoms with van der Waals surface area (Å²) in [4.78, 5) is 0.810. The summed E-state index contributed by atoms with van der Waals surface area (Å²) in [7, 11) is 3.92. The van der Waals surface area contributed by atoms with Gasteiger partial charge in [0.1, 0.15) is 0 Å². The quantitative estimate of drug-likeness (QED) is 0.569. The van der Waals surface area contributed by atoms with E-state index in [1.807, 2.05) is 36.6 Å². The van der Waals surface area contributed by atoms with Crippen LogP contribution in [0, 0.1) is 6.92 Å². The van der Waals surface area contributed by atoms with Gasteiger partial charge in [-0.1, -0.05) is 11.3 Å². The normalized spacial score (nSPS) is 20.1. The minimum atomic E-state index is 0.474. The Bertz CT molecular complexity index is 1050. The van der Waals surface area contributed by atoms with Gasteiger partial charge in [-0.15, -0.1) is 10.2 Å². The maximum absolute atomic E-state index is 4.72. The van der Waals surface area contributed by atoms with Gasteiger partial charge in [0.25, 0.3) is 0 Å². The Balaban J connectivity index is 1.47. The lowest BCUT2D eigenvalue weighted by molar-refractivity contribution is 0.744. The van der Waals surface area contributed by atoms with Crippen LogP contribution in [0.4, 0.5) is 0 Å². The van der Waals surface area contributed by atoms with Crippen LogP contribution in [0.15, 0.2) is 18.5 Å². The first-order chi connectivity index (χ1) is 11.6. The van der Waals surface area contributed by atoms with E-state index < -0.39 is 0 Å². The largest absolute Gasteiger partial charge is 0.276 e. The summed E-state index contributed by atoms with van der Waals surface area (Å²) < 4.78 is 5.55. The number of rotatable bonds is 3. The van der Waals surface area contributed by atoms with Gasteiger partial charge in [0.2, 0.25) is 4.96 Å². The third kappa shape index (κ3) is 2.01. The van der Waals surface area contributed by atoms with Gasteiger partial charge in [-0.3, -0.25) is 9.36 Å². The lowest BCUT2D eigenvalue weighted by Gasteiger charge is -1.94. The van der Waals surface area contributed by atoms with Crippen LogP contribution in [-0.4, -0.2) is 39.4 Å². The van der Waals surface area contributed by atoms with Crippen molar-refractivity contribution in [1.29, 1.82) is 0 Å². The zero-order chi connectivity index (χ0) is 16.4. The Kier molecular flexibility index (Phi) is 2.73. The molecule has 4 heterocycles. The number of aromatic nitrogens is 8. The minimum Gasteiger partial charge on any atom is -0.276 e. The van der Waals surface area contributed by atoms with E-state index in [-0.39, 0.29) is 0 Å². The second-order valence-electron chi connectivity index (χ2n) is 6.32. The second-order valence-corrected chi connectivity index (χ2v) is 7.28. The molecule has 0 bridgehead atoms. The maximum atomic E-state index is 4.72. The standard InChI is InChI=1S/C15H16N8S/c1-8-17-18-15-23(8)20-14(24-15)13-5-12(19-22(13)3)11-4-10(11)9-6-16-21(2)7-9/h5-7,10-11H,4H2,1-3H3/t10?,11-/m1/s1. The molecule has 4 aromatic heterocycles. The first-order valence-electron chi connectivity index (χ1n) is 7.82. The van der Waals surface area contributed by atoms with Crippen LogP contribution in [0.25, 0.3) is 15.7 Å². The van der Waals surface area contributed by atoms with Crippen molar-refractivity contribution in [2.45, 2.75) is 25.2 Å². The van der Waals surface area contributed by atoms with Gasteiger partial charge in [-0.05, 0) is 30.9 Å². The number of hydrogen-bond acceptors (Lipinski definition) is 6. The highest BCUT2D eigenvalue weighted by molar-refractivity contribution is 7.19. The van der Waals surface area contributed by atoms with Crippen molar-refractivity contribution >= 4 is 16.3 Å². The molecule has 0 aliphatic heterocycles. The number of hydrogen-bond donors (Lipinski definition) is 0. The van der Waals surface area contributed by atoms with Crippen LogP contribution < -0.4 is 0 Å². The molecule has 24 heavy (non-hydrogen) atoms. The molecule has 0 saturated heterocycles. The molecular weight excluding hydrogens is 324 g/mol. The van der Waals surface area contributed by atoms with E-state index in [2.05, 4.69) is 32.7 Å². The molecular formula is C15H16N8S. The molecule has 1 fully saturated rings. The van der Waals surface area contributed by atoms with Crippen molar-refractivity contribution < 1.29 is 0 Å². The summed E-state index contributed by atoms with van der Waals surface area (Å²) in [6, 6.07) is 2.15. The van der Waals surface area contributed by atoms with Crippen LogP contribution in [0.2, 0.25) is 0 Å². The lowest BCUT2D eigenvalue weighted by atomic mass is 10.1. The summed E-state index contributed by atoms with van der Waals surface area (Å²) in [6.07, 6.45) is 5.19. The summed E-state index contributed by atoms with van der Waals surface area (Å²) >= 11 is 1.54. The molecule has 0 N–H and O–H groups in total.